The topological polar surface area (TPSA) is 64.2 Å². The fourth-order valence-corrected chi connectivity index (χ4v) is 4.63. The lowest BCUT2D eigenvalue weighted by molar-refractivity contribution is -0.0512. The van der Waals surface area contributed by atoms with Crippen molar-refractivity contribution in [2.24, 2.45) is 0 Å². The maximum absolute atomic E-state index is 12.9. The van der Waals surface area contributed by atoms with E-state index in [1.165, 1.54) is 30.6 Å². The molecule has 0 saturated heterocycles. The van der Waals surface area contributed by atoms with Crippen molar-refractivity contribution in [3.8, 4) is 22.6 Å². The Morgan fingerprint density at radius 3 is 2.62 bits per heavy atom. The number of nitrogens with zero attached hydrogens (tertiary/aromatic N) is 1. The van der Waals surface area contributed by atoms with Crippen molar-refractivity contribution in [2.75, 3.05) is 7.11 Å². The molecule has 0 unspecified atom stereocenters. The number of halogens is 3. The Bertz CT molecular complexity index is 1370. The Hall–Kier alpha value is -3.23. The SMILES string of the molecule is COc1cc(/C=C(\Cl)c2nc3sc(C)c(-c4ccccc4)c3c(=O)[nH]2)ccc1OC(F)F. The molecule has 9 heteroatoms. The van der Waals surface area contributed by atoms with Gasteiger partial charge in [-0.1, -0.05) is 48.0 Å². The molecule has 0 aliphatic carbocycles. The summed E-state index contributed by atoms with van der Waals surface area (Å²) in [5.41, 5.74) is 2.06. The quantitative estimate of drug-likeness (QED) is 0.356. The van der Waals surface area contributed by atoms with Crippen molar-refractivity contribution < 1.29 is 18.3 Å². The van der Waals surface area contributed by atoms with Gasteiger partial charge in [0, 0.05) is 10.4 Å². The van der Waals surface area contributed by atoms with Crippen LogP contribution in [0, 0.1) is 6.92 Å². The fourth-order valence-electron chi connectivity index (χ4n) is 3.37. The standard InChI is InChI=1S/C23H17ClF2N2O3S/c1-12-18(14-6-4-3-5-7-14)19-21(29)27-20(28-22(19)32-12)15(24)10-13-8-9-16(31-23(25)26)17(11-13)30-2/h3-11,23H,1-2H3,(H,27,28,29)/b15-10-. The second-order valence-corrected chi connectivity index (χ2v) is 8.39. The molecule has 0 amide bonds. The molecule has 0 fully saturated rings. The third-order valence-electron chi connectivity index (χ3n) is 4.72. The molecular weight excluding hydrogens is 458 g/mol. The maximum Gasteiger partial charge on any atom is 0.387 e. The Balaban J connectivity index is 1.74. The highest BCUT2D eigenvalue weighted by molar-refractivity contribution is 7.19. The maximum atomic E-state index is 12.9. The van der Waals surface area contributed by atoms with E-state index in [9.17, 15) is 13.6 Å². The predicted molar refractivity (Wildman–Crippen MR) is 124 cm³/mol. The van der Waals surface area contributed by atoms with Crippen LogP contribution in [-0.4, -0.2) is 23.7 Å². The van der Waals surface area contributed by atoms with E-state index in [2.05, 4.69) is 14.7 Å². The monoisotopic (exact) mass is 474 g/mol. The van der Waals surface area contributed by atoms with Crippen LogP contribution >= 0.6 is 22.9 Å². The van der Waals surface area contributed by atoms with Crippen LogP contribution < -0.4 is 15.0 Å². The van der Waals surface area contributed by atoms with Crippen LogP contribution in [0.4, 0.5) is 8.78 Å². The van der Waals surface area contributed by atoms with Gasteiger partial charge in [0.1, 0.15) is 4.83 Å². The molecule has 2 aromatic carbocycles. The number of thiophene rings is 1. The summed E-state index contributed by atoms with van der Waals surface area (Å²) in [7, 11) is 1.35. The molecule has 0 bridgehead atoms. The summed E-state index contributed by atoms with van der Waals surface area (Å²) in [6.07, 6.45) is 1.55. The van der Waals surface area contributed by atoms with E-state index >= 15 is 0 Å². The third-order valence-corrected chi connectivity index (χ3v) is 6.01. The van der Waals surface area contributed by atoms with Crippen molar-refractivity contribution in [3.05, 3.63) is 75.1 Å². The molecule has 0 atom stereocenters. The minimum Gasteiger partial charge on any atom is -0.493 e. The first-order valence-electron chi connectivity index (χ1n) is 9.46. The van der Waals surface area contributed by atoms with Crippen molar-refractivity contribution in [1.82, 2.24) is 9.97 Å². The van der Waals surface area contributed by atoms with Crippen molar-refractivity contribution in [1.29, 1.82) is 0 Å². The molecule has 0 spiro atoms. The molecule has 1 N–H and O–H groups in total. The lowest BCUT2D eigenvalue weighted by Gasteiger charge is -2.10. The number of H-pyrrole nitrogens is 1. The highest BCUT2D eigenvalue weighted by Crippen LogP contribution is 2.36. The van der Waals surface area contributed by atoms with Crippen LogP contribution in [0.2, 0.25) is 0 Å². The Morgan fingerprint density at radius 2 is 1.94 bits per heavy atom. The molecule has 0 aliphatic rings. The summed E-state index contributed by atoms with van der Waals surface area (Å²) < 4.78 is 34.6. The number of hydrogen-bond acceptors (Lipinski definition) is 5. The second kappa shape index (κ2) is 9.10. The first-order chi connectivity index (χ1) is 15.4. The van der Waals surface area contributed by atoms with Gasteiger partial charge in [-0.05, 0) is 36.3 Å². The molecular formula is C23H17ClF2N2O3S. The lowest BCUT2D eigenvalue weighted by Crippen LogP contribution is -2.10. The summed E-state index contributed by atoms with van der Waals surface area (Å²) in [6.45, 7) is -1.02. The summed E-state index contributed by atoms with van der Waals surface area (Å²) in [6, 6.07) is 14.0. The van der Waals surface area contributed by atoms with E-state index in [1.54, 1.807) is 12.1 Å². The van der Waals surface area contributed by atoms with Gasteiger partial charge in [-0.2, -0.15) is 8.78 Å². The highest BCUT2D eigenvalue weighted by atomic mass is 35.5. The van der Waals surface area contributed by atoms with E-state index in [0.29, 0.717) is 15.8 Å². The summed E-state index contributed by atoms with van der Waals surface area (Å²) in [5, 5.41) is 0.697. The van der Waals surface area contributed by atoms with Crippen LogP contribution in [0.5, 0.6) is 11.5 Å². The van der Waals surface area contributed by atoms with E-state index in [-0.39, 0.29) is 27.9 Å². The Labute approximate surface area is 190 Å². The number of benzene rings is 2. The molecule has 0 radical (unpaired) electrons. The normalized spacial score (nSPS) is 11.9. The van der Waals surface area contributed by atoms with Gasteiger partial charge in [-0.3, -0.25) is 4.79 Å². The molecule has 2 aromatic heterocycles. The van der Waals surface area contributed by atoms with Crippen molar-refractivity contribution >= 4 is 44.3 Å². The van der Waals surface area contributed by atoms with Gasteiger partial charge >= 0.3 is 6.61 Å². The molecule has 2 heterocycles. The largest absolute Gasteiger partial charge is 0.493 e. The van der Waals surface area contributed by atoms with Crippen LogP contribution in [0.25, 0.3) is 32.5 Å². The summed E-state index contributed by atoms with van der Waals surface area (Å²) in [5.74, 6) is 0.241. The average Bonchev–Trinajstić information content (AvgIpc) is 3.11. The molecule has 4 rings (SSSR count). The molecule has 5 nitrogen and oxygen atoms in total. The molecule has 164 valence electrons. The number of ether oxygens (including phenoxy) is 2. The van der Waals surface area contributed by atoms with Crippen LogP contribution in [0.1, 0.15) is 16.3 Å². The zero-order valence-corrected chi connectivity index (χ0v) is 18.6. The number of nitrogens with one attached hydrogen (secondary N) is 1. The first-order valence-corrected chi connectivity index (χ1v) is 10.7. The second-order valence-electron chi connectivity index (χ2n) is 6.78. The van der Waals surface area contributed by atoms with E-state index in [4.69, 9.17) is 16.3 Å². The van der Waals surface area contributed by atoms with E-state index in [1.807, 2.05) is 37.3 Å². The van der Waals surface area contributed by atoms with Crippen molar-refractivity contribution in [2.45, 2.75) is 13.5 Å². The highest BCUT2D eigenvalue weighted by Gasteiger charge is 2.17. The number of aromatic amines is 1. The molecule has 4 aromatic rings. The number of rotatable bonds is 6. The van der Waals surface area contributed by atoms with Crippen molar-refractivity contribution in [3.63, 3.8) is 0 Å². The molecule has 32 heavy (non-hydrogen) atoms. The Morgan fingerprint density at radius 1 is 1.19 bits per heavy atom. The number of alkyl halides is 2. The number of aromatic nitrogens is 2. The Kier molecular flexibility index (Phi) is 6.25. The zero-order chi connectivity index (χ0) is 22.8. The minimum absolute atomic E-state index is 0.0915. The van der Waals surface area contributed by atoms with Gasteiger partial charge in [0.2, 0.25) is 0 Å². The third kappa shape index (κ3) is 4.37. The number of hydrogen-bond donors (Lipinski definition) is 1. The molecule has 0 saturated carbocycles. The van der Waals surface area contributed by atoms with Crippen LogP contribution in [0.15, 0.2) is 53.3 Å². The zero-order valence-electron chi connectivity index (χ0n) is 17.0. The van der Waals surface area contributed by atoms with Gasteiger partial charge in [0.25, 0.3) is 5.56 Å². The lowest BCUT2D eigenvalue weighted by atomic mass is 10.0. The molecule has 0 aliphatic heterocycles. The smallest absolute Gasteiger partial charge is 0.387 e. The van der Waals surface area contributed by atoms with E-state index in [0.717, 1.165) is 16.0 Å². The van der Waals surface area contributed by atoms with Gasteiger partial charge in [-0.25, -0.2) is 4.98 Å². The first kappa shape index (κ1) is 22.0. The number of methoxy groups -OCH3 is 1. The van der Waals surface area contributed by atoms with E-state index < -0.39 is 6.61 Å². The van der Waals surface area contributed by atoms with Gasteiger partial charge in [-0.15, -0.1) is 11.3 Å². The minimum atomic E-state index is -2.97. The summed E-state index contributed by atoms with van der Waals surface area (Å²) in [4.78, 5) is 21.8. The predicted octanol–water partition coefficient (Wildman–Crippen LogP) is 6.31. The van der Waals surface area contributed by atoms with Gasteiger partial charge < -0.3 is 14.5 Å². The average molecular weight is 475 g/mol. The number of fused-ring (bicyclic) bond motifs is 1. The number of aryl methyl sites for hydroxylation is 1. The van der Waals surface area contributed by atoms with Gasteiger partial charge in [0.05, 0.1) is 17.5 Å². The fraction of sp³-hybridized carbons (Fsp3) is 0.130. The summed E-state index contributed by atoms with van der Waals surface area (Å²) >= 11 is 7.85. The van der Waals surface area contributed by atoms with Crippen LogP contribution in [0.3, 0.4) is 0 Å². The van der Waals surface area contributed by atoms with Gasteiger partial charge in [0.15, 0.2) is 17.3 Å². The van der Waals surface area contributed by atoms with Crippen LogP contribution in [-0.2, 0) is 0 Å².